The molecule has 1 rings (SSSR count). The number of hydrogen-bond donors (Lipinski definition) is 3. The zero-order valence-corrected chi connectivity index (χ0v) is 7.55. The van der Waals surface area contributed by atoms with Crippen molar-refractivity contribution in [2.45, 2.75) is 18.9 Å². The lowest BCUT2D eigenvalue weighted by Gasteiger charge is -2.05. The van der Waals surface area contributed by atoms with Gasteiger partial charge in [-0.05, 0) is 12.8 Å². The average Bonchev–Trinajstić information content (AvgIpc) is 2.14. The summed E-state index contributed by atoms with van der Waals surface area (Å²) >= 11 is 0. The Balaban J connectivity index is 2.49. The third-order valence-corrected chi connectivity index (χ3v) is 1.77. The Morgan fingerprint density at radius 2 is 2.29 bits per heavy atom. The van der Waals surface area contributed by atoms with Crippen LogP contribution >= 0.6 is 0 Å². The first-order chi connectivity index (χ1) is 6.59. The molecular weight excluding hydrogens is 184 g/mol. The first kappa shape index (κ1) is 10.4. The molecule has 0 bridgehead atoms. The van der Waals surface area contributed by atoms with Crippen LogP contribution < -0.4 is 11.5 Å². The summed E-state index contributed by atoms with van der Waals surface area (Å²) in [5.41, 5.74) is 11.5. The summed E-state index contributed by atoms with van der Waals surface area (Å²) in [7, 11) is 0. The number of aromatic nitrogens is 2. The average molecular weight is 196 g/mol. The van der Waals surface area contributed by atoms with E-state index in [9.17, 15) is 4.79 Å². The highest BCUT2D eigenvalue weighted by molar-refractivity contribution is 5.73. The zero-order chi connectivity index (χ0) is 10.6. The van der Waals surface area contributed by atoms with Crippen LogP contribution in [0.3, 0.4) is 0 Å². The Labute approximate surface area is 81.0 Å². The second-order valence-electron chi connectivity index (χ2n) is 2.92. The van der Waals surface area contributed by atoms with Gasteiger partial charge in [-0.25, -0.2) is 9.97 Å². The normalized spacial score (nSPS) is 12.4. The molecule has 14 heavy (non-hydrogen) atoms. The Hall–Kier alpha value is -1.69. The zero-order valence-electron chi connectivity index (χ0n) is 7.55. The first-order valence-corrected chi connectivity index (χ1v) is 4.14. The van der Waals surface area contributed by atoms with Gasteiger partial charge in [-0.15, -0.1) is 0 Å². The second-order valence-corrected chi connectivity index (χ2v) is 2.92. The van der Waals surface area contributed by atoms with Crippen molar-refractivity contribution in [2.75, 3.05) is 5.73 Å². The van der Waals surface area contributed by atoms with E-state index in [0.717, 1.165) is 0 Å². The molecule has 0 saturated heterocycles. The molecule has 76 valence electrons. The van der Waals surface area contributed by atoms with Crippen molar-refractivity contribution >= 4 is 11.8 Å². The topological polar surface area (TPSA) is 115 Å². The van der Waals surface area contributed by atoms with Crippen molar-refractivity contribution in [1.82, 2.24) is 9.97 Å². The van der Waals surface area contributed by atoms with E-state index < -0.39 is 12.0 Å². The molecule has 1 atom stereocenters. The third-order valence-electron chi connectivity index (χ3n) is 1.77. The Morgan fingerprint density at radius 1 is 1.57 bits per heavy atom. The lowest BCUT2D eigenvalue weighted by molar-refractivity contribution is -0.138. The minimum atomic E-state index is -1.01. The van der Waals surface area contributed by atoms with Gasteiger partial charge in [0.1, 0.15) is 18.2 Å². The van der Waals surface area contributed by atoms with E-state index in [0.29, 0.717) is 24.4 Å². The summed E-state index contributed by atoms with van der Waals surface area (Å²) in [6.07, 6.45) is 2.17. The fourth-order valence-corrected chi connectivity index (χ4v) is 0.979. The van der Waals surface area contributed by atoms with Crippen molar-refractivity contribution in [2.24, 2.45) is 5.73 Å². The molecule has 1 aromatic heterocycles. The molecule has 1 heterocycles. The lowest BCUT2D eigenvalue weighted by atomic mass is 10.1. The maximum Gasteiger partial charge on any atom is 0.320 e. The molecule has 6 heteroatoms. The highest BCUT2D eigenvalue weighted by Crippen LogP contribution is 2.03. The van der Waals surface area contributed by atoms with Crippen LogP contribution in [-0.2, 0) is 11.2 Å². The molecule has 5 N–H and O–H groups in total. The van der Waals surface area contributed by atoms with Crippen LogP contribution in [0.25, 0.3) is 0 Å². The van der Waals surface area contributed by atoms with Crippen LogP contribution in [-0.4, -0.2) is 27.1 Å². The molecule has 0 aliphatic heterocycles. The predicted molar refractivity (Wildman–Crippen MR) is 50.4 cm³/mol. The van der Waals surface area contributed by atoms with E-state index in [-0.39, 0.29) is 0 Å². The van der Waals surface area contributed by atoms with E-state index in [2.05, 4.69) is 9.97 Å². The number of nitrogens with zero attached hydrogens (tertiary/aromatic N) is 2. The highest BCUT2D eigenvalue weighted by atomic mass is 16.4. The van der Waals surface area contributed by atoms with Crippen molar-refractivity contribution in [3.05, 3.63) is 18.1 Å². The number of carboxylic acids is 1. The van der Waals surface area contributed by atoms with Gasteiger partial charge in [-0.2, -0.15) is 0 Å². The molecule has 6 nitrogen and oxygen atoms in total. The van der Waals surface area contributed by atoms with Crippen LogP contribution in [0, 0.1) is 0 Å². The number of anilines is 1. The maximum absolute atomic E-state index is 10.4. The molecule has 0 aliphatic carbocycles. The van der Waals surface area contributed by atoms with E-state index >= 15 is 0 Å². The summed E-state index contributed by atoms with van der Waals surface area (Å²) in [5.74, 6) is -0.633. The van der Waals surface area contributed by atoms with Gasteiger partial charge in [-0.3, -0.25) is 4.79 Å². The molecule has 0 fully saturated rings. The molecular formula is C8H12N4O2. The Bertz CT molecular complexity index is 329. The summed E-state index contributed by atoms with van der Waals surface area (Å²) in [4.78, 5) is 18.1. The molecule has 0 aliphatic rings. The summed E-state index contributed by atoms with van der Waals surface area (Å²) in [5, 5.41) is 8.53. The van der Waals surface area contributed by atoms with Crippen LogP contribution in [0.4, 0.5) is 5.82 Å². The van der Waals surface area contributed by atoms with Crippen LogP contribution in [0.1, 0.15) is 12.1 Å². The van der Waals surface area contributed by atoms with Crippen molar-refractivity contribution in [1.29, 1.82) is 0 Å². The second kappa shape index (κ2) is 4.52. The number of nitrogen functional groups attached to an aromatic ring is 1. The van der Waals surface area contributed by atoms with Crippen LogP contribution in [0.5, 0.6) is 0 Å². The SMILES string of the molecule is Nc1cc(CC[C@H](N)C(=O)O)ncn1. The number of rotatable bonds is 4. The predicted octanol–water partition coefficient (Wildman–Crippen LogP) is -0.597. The van der Waals surface area contributed by atoms with Crippen molar-refractivity contribution in [3.8, 4) is 0 Å². The van der Waals surface area contributed by atoms with Gasteiger partial charge in [0.25, 0.3) is 0 Å². The number of nitrogens with two attached hydrogens (primary N) is 2. The number of hydrogen-bond acceptors (Lipinski definition) is 5. The molecule has 0 amide bonds. The van der Waals surface area contributed by atoms with Gasteiger partial charge in [-0.1, -0.05) is 0 Å². The number of carboxylic acid groups (broad SMARTS) is 1. The number of aryl methyl sites for hydroxylation is 1. The smallest absolute Gasteiger partial charge is 0.320 e. The highest BCUT2D eigenvalue weighted by Gasteiger charge is 2.11. The molecule has 0 spiro atoms. The van der Waals surface area contributed by atoms with E-state index in [1.54, 1.807) is 6.07 Å². The van der Waals surface area contributed by atoms with Gasteiger partial charge in [0.15, 0.2) is 0 Å². The summed E-state index contributed by atoms with van der Waals surface area (Å²) in [6.45, 7) is 0. The standard InChI is InChI=1S/C8H12N4O2/c9-6(8(13)14)2-1-5-3-7(10)12-4-11-5/h3-4,6H,1-2,9H2,(H,13,14)(H2,10,11,12)/t6-/m0/s1. The van der Waals surface area contributed by atoms with E-state index in [1.165, 1.54) is 6.33 Å². The van der Waals surface area contributed by atoms with Crippen molar-refractivity contribution < 1.29 is 9.90 Å². The van der Waals surface area contributed by atoms with Crippen LogP contribution in [0.15, 0.2) is 12.4 Å². The van der Waals surface area contributed by atoms with Crippen LogP contribution in [0.2, 0.25) is 0 Å². The molecule has 0 radical (unpaired) electrons. The van der Waals surface area contributed by atoms with Gasteiger partial charge in [0, 0.05) is 11.8 Å². The van der Waals surface area contributed by atoms with Crippen molar-refractivity contribution in [3.63, 3.8) is 0 Å². The molecule has 0 saturated carbocycles. The summed E-state index contributed by atoms with van der Waals surface area (Å²) in [6, 6.07) is 0.750. The fraction of sp³-hybridized carbons (Fsp3) is 0.375. The fourth-order valence-electron chi connectivity index (χ4n) is 0.979. The largest absolute Gasteiger partial charge is 0.480 e. The monoisotopic (exact) mass is 196 g/mol. The summed E-state index contributed by atoms with van der Waals surface area (Å²) < 4.78 is 0. The number of aliphatic carboxylic acids is 1. The van der Waals surface area contributed by atoms with E-state index in [1.807, 2.05) is 0 Å². The minimum Gasteiger partial charge on any atom is -0.480 e. The lowest BCUT2D eigenvalue weighted by Crippen LogP contribution is -2.30. The van der Waals surface area contributed by atoms with E-state index in [4.69, 9.17) is 16.6 Å². The first-order valence-electron chi connectivity index (χ1n) is 4.14. The van der Waals surface area contributed by atoms with Gasteiger partial charge >= 0.3 is 5.97 Å². The molecule has 1 aromatic rings. The molecule has 0 unspecified atom stereocenters. The quantitative estimate of drug-likeness (QED) is 0.592. The Morgan fingerprint density at radius 3 is 2.86 bits per heavy atom. The maximum atomic E-state index is 10.4. The molecule has 0 aromatic carbocycles. The van der Waals surface area contributed by atoms with Gasteiger partial charge in [0.05, 0.1) is 0 Å². The minimum absolute atomic E-state index is 0.339. The Kier molecular flexibility index (Phi) is 3.35. The number of carbonyl (C=O) groups is 1. The van der Waals surface area contributed by atoms with Gasteiger partial charge < -0.3 is 16.6 Å². The third kappa shape index (κ3) is 2.98. The van der Waals surface area contributed by atoms with Gasteiger partial charge in [0.2, 0.25) is 0 Å².